The summed E-state index contributed by atoms with van der Waals surface area (Å²) >= 11 is 0. The maximum absolute atomic E-state index is 14.2. The lowest BCUT2D eigenvalue weighted by atomic mass is 9.47. The van der Waals surface area contributed by atoms with E-state index in [1.807, 2.05) is 13.8 Å². The average Bonchev–Trinajstić information content (AvgIpc) is 1.44. The van der Waals surface area contributed by atoms with Gasteiger partial charge in [-0.25, -0.2) is 0 Å². The van der Waals surface area contributed by atoms with Crippen molar-refractivity contribution in [3.8, 4) is 0 Å². The lowest BCUT2D eigenvalue weighted by molar-refractivity contribution is -0.409. The lowest BCUT2D eigenvalue weighted by Gasteiger charge is -2.58. The molecule has 20 N–H and O–H groups in total. The molecule has 6 heterocycles. The summed E-state index contributed by atoms with van der Waals surface area (Å²) in [6.45, 7) is 2.48. The molecule has 0 aromatic heterocycles. The number of Topliss-reactive ketones (excluding diaryl/α,β-unsaturated/α-hetero) is 2. The van der Waals surface area contributed by atoms with Gasteiger partial charge < -0.3 is 159 Å². The van der Waals surface area contributed by atoms with Crippen LogP contribution in [-0.2, 0) is 66.4 Å². The van der Waals surface area contributed by atoms with E-state index in [1.54, 1.807) is 6.92 Å². The minimum absolute atomic E-state index is 0.0121. The highest BCUT2D eigenvalue weighted by molar-refractivity contribution is 6.08. The van der Waals surface area contributed by atoms with Gasteiger partial charge in [-0.15, -0.1) is 0 Å². The number of rotatable bonds is 22. The number of aliphatic hydroxyl groups excluding tert-OH is 20. The number of hydrogen-bond donors (Lipinski definition) is 20. The van der Waals surface area contributed by atoms with Gasteiger partial charge in [-0.05, 0) is 85.5 Å². The monoisotopic (exact) mass is 1390 g/mol. The van der Waals surface area contributed by atoms with Crippen LogP contribution in [0, 0.1) is 34.5 Å². The first-order valence-corrected chi connectivity index (χ1v) is 33.0. The van der Waals surface area contributed by atoms with E-state index < -0.39 is 241 Å². The summed E-state index contributed by atoms with van der Waals surface area (Å²) in [7, 11) is 0. The van der Waals surface area contributed by atoms with E-state index >= 15 is 0 Å². The first kappa shape index (κ1) is 76.2. The highest BCUT2D eigenvalue weighted by Gasteiger charge is 2.63. The standard InChI is InChI=1S/C62H98O34/c1-21(19-85-55-47(81)43(77)39(73)32(14-63)88-55)5-8-27(68)22(2)37-28(69)12-26-24-7-6-23-11-31(29(70)13-62(23,4)25(24)9-10-61(26,37)3)87-57-49(83)45(79)51(36(18-67)92-57)93-60-54(53(42(76)35(17-66)91-60)95-56-46(80)38(72)30(71)20-86-56)96-59-50(84)52(41(75)34(16-65)90-59)94-58-48(82)44(78)40(74)33(15-64)89-58/h6,21,24-26,29-36,38-60,63-67,70-84H,5,7-20H2,1-4H3/b37-22+/t21-,24-,25-,26+,29-,30+,31-,32+,33+,34+,35+,36+,38-,39+,40+,41+,42+,43-,44-,45+,46+,47+,48+,49+,50+,51+,52-,53-,54+,55+,56-,57+,58-,59-,60-,61-,62+/m1/s1. The molecule has 0 spiro atoms. The van der Waals surface area contributed by atoms with E-state index in [0.717, 1.165) is 5.57 Å². The molecule has 0 amide bonds. The Hall–Kier alpha value is -2.46. The van der Waals surface area contributed by atoms with Crippen LogP contribution in [-0.4, -0.2) is 350 Å². The van der Waals surface area contributed by atoms with Crippen LogP contribution in [0.15, 0.2) is 22.8 Å². The van der Waals surface area contributed by atoms with Crippen LogP contribution >= 0.6 is 0 Å². The number of aliphatic hydroxyl groups is 20. The minimum Gasteiger partial charge on any atom is -0.394 e. The molecule has 9 fully saturated rings. The van der Waals surface area contributed by atoms with Gasteiger partial charge in [0, 0.05) is 18.4 Å². The molecule has 0 aromatic rings. The Balaban J connectivity index is 0.817. The van der Waals surface area contributed by atoms with Crippen molar-refractivity contribution in [1.29, 1.82) is 0 Å². The molecule has 0 unspecified atom stereocenters. The Morgan fingerprint density at radius 3 is 1.65 bits per heavy atom. The van der Waals surface area contributed by atoms with Crippen molar-refractivity contribution in [1.82, 2.24) is 0 Å². The Morgan fingerprint density at radius 1 is 0.521 bits per heavy atom. The normalized spacial score (nSPS) is 50.8. The molecule has 0 radical (unpaired) electrons. The Kier molecular flexibility index (Phi) is 24.8. The first-order valence-electron chi connectivity index (χ1n) is 33.0. The van der Waals surface area contributed by atoms with Gasteiger partial charge in [0.05, 0.1) is 58.5 Å². The van der Waals surface area contributed by atoms with Crippen molar-refractivity contribution in [3.63, 3.8) is 0 Å². The van der Waals surface area contributed by atoms with Gasteiger partial charge in [0.1, 0.15) is 140 Å². The topological polar surface area (TPSA) is 550 Å². The summed E-state index contributed by atoms with van der Waals surface area (Å²) in [6, 6.07) is 0. The fourth-order valence-electron chi connectivity index (χ4n) is 16.3. The van der Waals surface area contributed by atoms with E-state index in [-0.39, 0.29) is 67.5 Å². The molecule has 0 bridgehead atoms. The Bertz CT molecular complexity index is 2670. The second-order valence-corrected chi connectivity index (χ2v) is 28.1. The van der Waals surface area contributed by atoms with Crippen LogP contribution in [0.3, 0.4) is 0 Å². The minimum atomic E-state index is -2.25. The molecule has 3 saturated carbocycles. The lowest BCUT2D eigenvalue weighted by Crippen LogP contribution is -2.69. The molecule has 6 saturated heterocycles. The van der Waals surface area contributed by atoms with Crippen molar-refractivity contribution in [2.24, 2.45) is 34.5 Å². The number of allylic oxidation sites excluding steroid dienone is 3. The number of ether oxygens (including phenoxy) is 12. The molecule has 10 rings (SSSR count). The van der Waals surface area contributed by atoms with E-state index in [1.165, 1.54) is 0 Å². The third-order valence-corrected chi connectivity index (χ3v) is 22.0. The molecular formula is C62H98O34. The molecule has 34 heteroatoms. The van der Waals surface area contributed by atoms with Crippen LogP contribution in [0.25, 0.3) is 0 Å². The molecule has 4 aliphatic carbocycles. The third kappa shape index (κ3) is 14.6. The van der Waals surface area contributed by atoms with Crippen molar-refractivity contribution in [2.45, 2.75) is 269 Å². The summed E-state index contributed by atoms with van der Waals surface area (Å²) in [5, 5.41) is 216. The highest BCUT2D eigenvalue weighted by atomic mass is 16.8. The van der Waals surface area contributed by atoms with Gasteiger partial charge in [0.15, 0.2) is 49.3 Å². The van der Waals surface area contributed by atoms with Gasteiger partial charge in [-0.3, -0.25) is 9.59 Å². The van der Waals surface area contributed by atoms with Gasteiger partial charge in [0.25, 0.3) is 0 Å². The highest BCUT2D eigenvalue weighted by Crippen LogP contribution is 2.66. The van der Waals surface area contributed by atoms with Gasteiger partial charge in [-0.2, -0.15) is 0 Å². The van der Waals surface area contributed by atoms with Crippen molar-refractivity contribution >= 4 is 11.6 Å². The first-order chi connectivity index (χ1) is 45.5. The molecule has 0 aromatic carbocycles. The van der Waals surface area contributed by atoms with Crippen molar-refractivity contribution in [3.05, 3.63) is 22.8 Å². The van der Waals surface area contributed by atoms with E-state index in [2.05, 4.69) is 13.0 Å². The van der Waals surface area contributed by atoms with Crippen molar-refractivity contribution < 1.29 is 169 Å². The zero-order valence-electron chi connectivity index (χ0n) is 53.6. The number of carbonyl (C=O) groups excluding carboxylic acids is 2. The largest absolute Gasteiger partial charge is 0.394 e. The van der Waals surface area contributed by atoms with E-state index in [4.69, 9.17) is 56.8 Å². The maximum Gasteiger partial charge on any atom is 0.187 e. The SMILES string of the molecule is C/C(C(=O)CC[C@@H](C)CO[C@H]1O[C@@H](CO)[C@H](O)[C@@H](O)[C@@H]1O)=C1/C(=O)C[C@H]2[C@@H]3CC=C4C[C@@H](O[C@H]5O[C@@H](CO)[C@H](O[C@H]6O[C@@H](CO)[C@H](O)[C@@H](O[C@H]7OC[C@H](O)[C@@H](O)[C@@H]7O)[C@@H]6O[C@H]6O[C@@H](CO)[C@H](O)[C@@H](O[C@H]7O[C@@H](CO)[C@H](O)[C@@H](O)[C@@H]7O)[C@@H]6O)[C@@H](O)[C@@H]5O)[C@H](O)C[C@]4(C)[C@@H]3CC[C@@]12C. The van der Waals surface area contributed by atoms with E-state index in [0.29, 0.717) is 36.8 Å². The summed E-state index contributed by atoms with van der Waals surface area (Å²) in [5.41, 5.74) is 0.627. The molecule has 10 aliphatic rings. The second kappa shape index (κ2) is 31.2. The predicted molar refractivity (Wildman–Crippen MR) is 312 cm³/mol. The molecule has 96 heavy (non-hydrogen) atoms. The summed E-state index contributed by atoms with van der Waals surface area (Å²) < 4.78 is 70.4. The third-order valence-electron chi connectivity index (χ3n) is 22.0. The second-order valence-electron chi connectivity index (χ2n) is 28.1. The van der Waals surface area contributed by atoms with Crippen molar-refractivity contribution in [2.75, 3.05) is 46.2 Å². The van der Waals surface area contributed by atoms with Crippen LogP contribution in [0.5, 0.6) is 0 Å². The van der Waals surface area contributed by atoms with Gasteiger partial charge in [-0.1, -0.05) is 32.4 Å². The van der Waals surface area contributed by atoms with E-state index in [9.17, 15) is 112 Å². The Labute approximate surface area is 551 Å². The number of carbonyl (C=O) groups is 2. The van der Waals surface area contributed by atoms with Crippen LogP contribution in [0.2, 0.25) is 0 Å². The maximum atomic E-state index is 14.2. The number of hydrogen-bond acceptors (Lipinski definition) is 34. The zero-order chi connectivity index (χ0) is 69.9. The molecule has 550 valence electrons. The molecule has 37 atom stereocenters. The van der Waals surface area contributed by atoms with Gasteiger partial charge >= 0.3 is 0 Å². The summed E-state index contributed by atoms with van der Waals surface area (Å²) in [5.74, 6) is -0.690. The quantitative estimate of drug-likeness (QED) is 0.0354. The smallest absolute Gasteiger partial charge is 0.187 e. The Morgan fingerprint density at radius 2 is 1.02 bits per heavy atom. The fourth-order valence-corrected chi connectivity index (χ4v) is 16.3. The average molecular weight is 1390 g/mol. The number of ketones is 2. The molecular weight excluding hydrogens is 1290 g/mol. The summed E-state index contributed by atoms with van der Waals surface area (Å²) in [4.78, 5) is 28.1. The fraction of sp³-hybridized carbons (Fsp3) is 0.903. The zero-order valence-corrected chi connectivity index (χ0v) is 53.6. The molecule has 34 nitrogen and oxygen atoms in total. The van der Waals surface area contributed by atoms with Crippen LogP contribution in [0.1, 0.15) is 79.1 Å². The molecule has 6 aliphatic heterocycles. The van der Waals surface area contributed by atoms with Crippen LogP contribution < -0.4 is 0 Å². The predicted octanol–water partition coefficient (Wildman–Crippen LogP) is -8.66. The van der Waals surface area contributed by atoms with Gasteiger partial charge in [0.2, 0.25) is 0 Å². The van der Waals surface area contributed by atoms with Crippen LogP contribution in [0.4, 0.5) is 0 Å². The number of fused-ring (bicyclic) bond motifs is 5. The summed E-state index contributed by atoms with van der Waals surface area (Å²) in [6.07, 6.45) is -51.0.